The molecular weight excluding hydrogens is 356 g/mol. The summed E-state index contributed by atoms with van der Waals surface area (Å²) < 4.78 is 5.86. The van der Waals surface area contributed by atoms with Crippen LogP contribution < -0.4 is 10.1 Å². The molecule has 4 nitrogen and oxygen atoms in total. The van der Waals surface area contributed by atoms with Crippen LogP contribution in [0.1, 0.15) is 16.6 Å². The predicted molar refractivity (Wildman–Crippen MR) is 111 cm³/mol. The van der Waals surface area contributed by atoms with Crippen molar-refractivity contribution in [1.82, 2.24) is 4.98 Å². The maximum absolute atomic E-state index is 12.3. The van der Waals surface area contributed by atoms with E-state index in [0.717, 1.165) is 33.6 Å². The van der Waals surface area contributed by atoms with Gasteiger partial charge in [-0.2, -0.15) is 0 Å². The summed E-state index contributed by atoms with van der Waals surface area (Å²) in [6.07, 6.45) is 0. The van der Waals surface area contributed by atoms with Gasteiger partial charge >= 0.3 is 0 Å². The first kappa shape index (κ1) is 17.2. The molecule has 2 aromatic carbocycles. The molecular formula is C22H18N2O2S. The number of anilines is 1. The second kappa shape index (κ2) is 7.60. The van der Waals surface area contributed by atoms with Crippen molar-refractivity contribution in [3.05, 3.63) is 77.0 Å². The fraction of sp³-hybridized carbons (Fsp3) is 0.0909. The van der Waals surface area contributed by atoms with E-state index < -0.39 is 0 Å². The lowest BCUT2D eigenvalue weighted by atomic mass is 10.1. The van der Waals surface area contributed by atoms with Crippen molar-refractivity contribution in [3.8, 4) is 17.0 Å². The number of thiophene rings is 1. The van der Waals surface area contributed by atoms with Crippen molar-refractivity contribution >= 4 is 33.8 Å². The Morgan fingerprint density at radius 3 is 2.67 bits per heavy atom. The number of nitrogens with zero attached hydrogens (tertiary/aromatic N) is 1. The van der Waals surface area contributed by atoms with Gasteiger partial charge in [-0.05, 0) is 36.6 Å². The molecule has 0 fully saturated rings. The summed E-state index contributed by atoms with van der Waals surface area (Å²) >= 11 is 1.42. The number of rotatable bonds is 5. The summed E-state index contributed by atoms with van der Waals surface area (Å²) in [5, 5.41) is 5.70. The summed E-state index contributed by atoms with van der Waals surface area (Å²) in [7, 11) is 0. The number of amides is 1. The molecule has 4 aromatic rings. The van der Waals surface area contributed by atoms with Gasteiger partial charge in [0.15, 0.2) is 0 Å². The van der Waals surface area contributed by atoms with Crippen molar-refractivity contribution in [2.75, 3.05) is 11.9 Å². The average molecular weight is 374 g/mol. The highest BCUT2D eigenvalue weighted by Crippen LogP contribution is 2.32. The number of hydrogen-bond donors (Lipinski definition) is 1. The Balaban J connectivity index is 1.74. The highest BCUT2D eigenvalue weighted by Gasteiger charge is 2.12. The number of fused-ring (bicyclic) bond motifs is 1. The molecule has 0 saturated heterocycles. The molecule has 2 aromatic heterocycles. The Morgan fingerprint density at radius 1 is 1.07 bits per heavy atom. The van der Waals surface area contributed by atoms with E-state index in [0.29, 0.717) is 11.5 Å². The first-order valence-electron chi connectivity index (χ1n) is 8.72. The van der Waals surface area contributed by atoms with E-state index in [-0.39, 0.29) is 5.91 Å². The van der Waals surface area contributed by atoms with E-state index in [9.17, 15) is 4.79 Å². The maximum Gasteiger partial charge on any atom is 0.265 e. The van der Waals surface area contributed by atoms with Crippen LogP contribution in [0.4, 0.5) is 5.69 Å². The average Bonchev–Trinajstić information content (AvgIpc) is 3.24. The largest absolute Gasteiger partial charge is 0.493 e. The summed E-state index contributed by atoms with van der Waals surface area (Å²) in [5.41, 5.74) is 3.45. The molecule has 5 heteroatoms. The van der Waals surface area contributed by atoms with Crippen LogP contribution in [0.2, 0.25) is 0 Å². The van der Waals surface area contributed by atoms with Gasteiger partial charge in [0.2, 0.25) is 0 Å². The Hall–Kier alpha value is -3.18. The standard InChI is InChI=1S/C22H18N2O2S/c1-2-26-20-14-19(15-7-4-3-5-8-15)24-18-11-10-16(13-17(18)20)23-22(25)21-9-6-12-27-21/h3-14H,2H2,1H3,(H,23,25). The summed E-state index contributed by atoms with van der Waals surface area (Å²) in [6, 6.07) is 21.3. The fourth-order valence-corrected chi connectivity index (χ4v) is 3.52. The highest BCUT2D eigenvalue weighted by molar-refractivity contribution is 7.12. The lowest BCUT2D eigenvalue weighted by Crippen LogP contribution is -2.10. The number of pyridine rings is 1. The summed E-state index contributed by atoms with van der Waals surface area (Å²) in [4.78, 5) is 17.8. The molecule has 1 N–H and O–H groups in total. The van der Waals surface area contributed by atoms with Gasteiger partial charge in [0.25, 0.3) is 5.91 Å². The molecule has 0 atom stereocenters. The van der Waals surface area contributed by atoms with Crippen molar-refractivity contribution in [2.24, 2.45) is 0 Å². The summed E-state index contributed by atoms with van der Waals surface area (Å²) in [5.74, 6) is 0.643. The van der Waals surface area contributed by atoms with Gasteiger partial charge in [0.05, 0.1) is 22.7 Å². The third-order valence-corrected chi connectivity index (χ3v) is 5.01. The zero-order chi connectivity index (χ0) is 18.6. The van der Waals surface area contributed by atoms with E-state index in [1.807, 2.05) is 73.0 Å². The highest BCUT2D eigenvalue weighted by atomic mass is 32.1. The van der Waals surface area contributed by atoms with Crippen molar-refractivity contribution < 1.29 is 9.53 Å². The molecule has 4 rings (SSSR count). The van der Waals surface area contributed by atoms with Crippen LogP contribution >= 0.6 is 11.3 Å². The van der Waals surface area contributed by atoms with E-state index in [1.54, 1.807) is 6.07 Å². The third kappa shape index (κ3) is 3.68. The first-order chi connectivity index (χ1) is 13.2. The molecule has 27 heavy (non-hydrogen) atoms. The van der Waals surface area contributed by atoms with Gasteiger partial charge in [0.1, 0.15) is 5.75 Å². The second-order valence-corrected chi connectivity index (χ2v) is 6.92. The first-order valence-corrected chi connectivity index (χ1v) is 9.60. The number of carbonyl (C=O) groups is 1. The molecule has 0 unspecified atom stereocenters. The fourth-order valence-electron chi connectivity index (χ4n) is 2.90. The molecule has 1 amide bonds. The number of hydrogen-bond acceptors (Lipinski definition) is 4. The van der Waals surface area contributed by atoms with Crippen LogP contribution in [-0.2, 0) is 0 Å². The van der Waals surface area contributed by atoms with E-state index >= 15 is 0 Å². The molecule has 0 saturated carbocycles. The maximum atomic E-state index is 12.3. The van der Waals surface area contributed by atoms with Crippen LogP contribution in [0, 0.1) is 0 Å². The number of benzene rings is 2. The number of ether oxygens (including phenoxy) is 1. The van der Waals surface area contributed by atoms with Crippen LogP contribution in [0.25, 0.3) is 22.2 Å². The van der Waals surface area contributed by atoms with Crippen LogP contribution in [-0.4, -0.2) is 17.5 Å². The molecule has 0 aliphatic rings. The molecule has 0 bridgehead atoms. The monoisotopic (exact) mass is 374 g/mol. The zero-order valence-corrected chi connectivity index (χ0v) is 15.6. The number of aromatic nitrogens is 1. The predicted octanol–water partition coefficient (Wildman–Crippen LogP) is 5.61. The van der Waals surface area contributed by atoms with Crippen LogP contribution in [0.15, 0.2) is 72.1 Å². The zero-order valence-electron chi connectivity index (χ0n) is 14.8. The molecule has 2 heterocycles. The molecule has 0 aliphatic carbocycles. The Morgan fingerprint density at radius 2 is 1.93 bits per heavy atom. The quantitative estimate of drug-likeness (QED) is 0.494. The van der Waals surface area contributed by atoms with Gasteiger partial charge in [-0.15, -0.1) is 11.3 Å². The molecule has 134 valence electrons. The van der Waals surface area contributed by atoms with Crippen LogP contribution in [0.3, 0.4) is 0 Å². The van der Waals surface area contributed by atoms with Gasteiger partial charge in [-0.1, -0.05) is 36.4 Å². The molecule has 0 spiro atoms. The van der Waals surface area contributed by atoms with E-state index in [1.165, 1.54) is 11.3 Å². The van der Waals surface area contributed by atoms with Crippen molar-refractivity contribution in [3.63, 3.8) is 0 Å². The Bertz CT molecular complexity index is 1080. The summed E-state index contributed by atoms with van der Waals surface area (Å²) in [6.45, 7) is 2.51. The number of carbonyl (C=O) groups excluding carboxylic acids is 1. The SMILES string of the molecule is CCOc1cc(-c2ccccc2)nc2ccc(NC(=O)c3cccs3)cc12. The normalized spacial score (nSPS) is 10.7. The van der Waals surface area contributed by atoms with Crippen LogP contribution in [0.5, 0.6) is 5.75 Å². The minimum Gasteiger partial charge on any atom is -0.493 e. The Kier molecular flexibility index (Phi) is 4.85. The van der Waals surface area contributed by atoms with Crippen molar-refractivity contribution in [2.45, 2.75) is 6.92 Å². The molecule has 0 radical (unpaired) electrons. The smallest absolute Gasteiger partial charge is 0.265 e. The second-order valence-electron chi connectivity index (χ2n) is 5.97. The van der Waals surface area contributed by atoms with E-state index in [4.69, 9.17) is 9.72 Å². The lowest BCUT2D eigenvalue weighted by molar-refractivity contribution is 0.103. The van der Waals surface area contributed by atoms with Crippen molar-refractivity contribution in [1.29, 1.82) is 0 Å². The Labute approximate surface area is 161 Å². The van der Waals surface area contributed by atoms with E-state index in [2.05, 4.69) is 5.32 Å². The van der Waals surface area contributed by atoms with Gasteiger partial charge in [-0.3, -0.25) is 4.79 Å². The van der Waals surface area contributed by atoms with Gasteiger partial charge in [-0.25, -0.2) is 4.98 Å². The molecule has 0 aliphatic heterocycles. The minimum atomic E-state index is -0.115. The number of nitrogens with one attached hydrogen (secondary N) is 1. The lowest BCUT2D eigenvalue weighted by Gasteiger charge is -2.12. The minimum absolute atomic E-state index is 0.115. The van der Waals surface area contributed by atoms with Gasteiger partial charge in [0, 0.05) is 22.7 Å². The third-order valence-electron chi connectivity index (χ3n) is 4.14. The van der Waals surface area contributed by atoms with Gasteiger partial charge < -0.3 is 10.1 Å². The topological polar surface area (TPSA) is 51.2 Å².